The zero-order chi connectivity index (χ0) is 42.0. The Morgan fingerprint density at radius 1 is 0.589 bits per heavy atom. The minimum absolute atomic E-state index is 0.00460. The van der Waals surface area contributed by atoms with Crippen molar-refractivity contribution in [3.8, 4) is 0 Å². The molecule has 0 amide bonds. The van der Waals surface area contributed by atoms with Crippen molar-refractivity contribution in [1.29, 1.82) is 0 Å². The molecule has 0 aliphatic carbocycles. The highest BCUT2D eigenvalue weighted by molar-refractivity contribution is 7.54. The standard InChI is InChI=1S/C38H73O17P/c1-22-28(41)29(42)27(21-47-15-13-14-17-49-37(4,5)6)53-35(22)54-33-24(3)36(52-26(20-40)31(33)44)55-32-23(2)34(51-25(19-39)30(32)43)48-16-11-10-12-18-50-56(45,46)38(7,8)9/h22-36,39-44H,10-21H2,1-9H3,(H,45,46). The molecule has 0 aromatic carbocycles. The minimum Gasteiger partial charge on any atom is -0.394 e. The molecule has 16 atom stereocenters. The smallest absolute Gasteiger partial charge is 0.333 e. The highest BCUT2D eigenvalue weighted by Gasteiger charge is 2.52. The number of aliphatic hydroxyl groups is 6. The molecule has 3 saturated heterocycles. The lowest BCUT2D eigenvalue weighted by Crippen LogP contribution is -2.63. The van der Waals surface area contributed by atoms with Crippen LogP contribution in [-0.4, -0.2) is 166 Å². The van der Waals surface area contributed by atoms with Crippen LogP contribution in [0, 0.1) is 17.8 Å². The lowest BCUT2D eigenvalue weighted by Gasteiger charge is -2.49. The second-order valence-corrected chi connectivity index (χ2v) is 20.1. The fourth-order valence-electron chi connectivity index (χ4n) is 6.68. The van der Waals surface area contributed by atoms with Gasteiger partial charge in [-0.25, -0.2) is 0 Å². The summed E-state index contributed by atoms with van der Waals surface area (Å²) in [5.41, 5.74) is -0.226. The van der Waals surface area contributed by atoms with Crippen LogP contribution in [-0.2, 0) is 47.0 Å². The molecule has 7 N–H and O–H groups in total. The van der Waals surface area contributed by atoms with Crippen LogP contribution in [0.1, 0.15) is 94.4 Å². The Hall–Kier alpha value is -0.410. The molecule has 3 rings (SSSR count). The molecular formula is C38H73O17P. The van der Waals surface area contributed by atoms with E-state index < -0.39 is 118 Å². The molecule has 0 aromatic heterocycles. The Morgan fingerprint density at radius 2 is 1.07 bits per heavy atom. The maximum atomic E-state index is 12.3. The summed E-state index contributed by atoms with van der Waals surface area (Å²) in [6.07, 6.45) is -9.97. The summed E-state index contributed by atoms with van der Waals surface area (Å²) in [7, 11) is -3.74. The van der Waals surface area contributed by atoms with Crippen molar-refractivity contribution in [2.24, 2.45) is 17.8 Å². The molecule has 17 nitrogen and oxygen atoms in total. The van der Waals surface area contributed by atoms with E-state index in [4.69, 9.17) is 42.4 Å². The average Bonchev–Trinajstić information content (AvgIpc) is 3.12. The van der Waals surface area contributed by atoms with Crippen LogP contribution < -0.4 is 0 Å². The third kappa shape index (κ3) is 14.1. The van der Waals surface area contributed by atoms with E-state index in [0.717, 1.165) is 12.8 Å². The first-order valence-corrected chi connectivity index (χ1v) is 21.7. The van der Waals surface area contributed by atoms with Gasteiger partial charge in [-0.15, -0.1) is 0 Å². The predicted molar refractivity (Wildman–Crippen MR) is 203 cm³/mol. The minimum atomic E-state index is -3.74. The van der Waals surface area contributed by atoms with Gasteiger partial charge >= 0.3 is 7.60 Å². The molecule has 3 fully saturated rings. The lowest BCUT2D eigenvalue weighted by atomic mass is 9.89. The van der Waals surface area contributed by atoms with Gasteiger partial charge in [0.2, 0.25) is 0 Å². The quantitative estimate of drug-likeness (QED) is 0.0647. The Bertz CT molecular complexity index is 1170. The number of aliphatic hydroxyl groups excluding tert-OH is 6. The van der Waals surface area contributed by atoms with Gasteiger partial charge in [0.25, 0.3) is 0 Å². The fraction of sp³-hybridized carbons (Fsp3) is 1.00. The monoisotopic (exact) mass is 832 g/mol. The predicted octanol–water partition coefficient (Wildman–Crippen LogP) is 2.07. The van der Waals surface area contributed by atoms with Crippen LogP contribution in [0.5, 0.6) is 0 Å². The first kappa shape index (κ1) is 49.9. The van der Waals surface area contributed by atoms with E-state index in [1.165, 1.54) is 0 Å². The summed E-state index contributed by atoms with van der Waals surface area (Å²) in [5.74, 6) is -1.98. The number of hydrogen-bond acceptors (Lipinski definition) is 16. The summed E-state index contributed by atoms with van der Waals surface area (Å²) in [6, 6.07) is 0. The van der Waals surface area contributed by atoms with Gasteiger partial charge in [0.05, 0.1) is 55.5 Å². The van der Waals surface area contributed by atoms with E-state index in [1.54, 1.807) is 41.5 Å². The van der Waals surface area contributed by atoms with Gasteiger partial charge in [-0.05, 0) is 73.6 Å². The molecule has 16 unspecified atom stereocenters. The highest BCUT2D eigenvalue weighted by atomic mass is 31.2. The molecule has 0 saturated carbocycles. The van der Waals surface area contributed by atoms with Crippen molar-refractivity contribution in [2.75, 3.05) is 46.2 Å². The molecule has 0 bridgehead atoms. The van der Waals surface area contributed by atoms with Crippen molar-refractivity contribution in [1.82, 2.24) is 0 Å². The van der Waals surface area contributed by atoms with Crippen LogP contribution in [0.4, 0.5) is 0 Å². The molecule has 332 valence electrons. The van der Waals surface area contributed by atoms with Gasteiger partial charge in [-0.1, -0.05) is 20.8 Å². The van der Waals surface area contributed by atoms with Crippen molar-refractivity contribution >= 4 is 7.60 Å². The number of ether oxygens (including phenoxy) is 8. The fourth-order valence-corrected chi connectivity index (χ4v) is 7.45. The Morgan fingerprint density at radius 3 is 1.62 bits per heavy atom. The summed E-state index contributed by atoms with van der Waals surface area (Å²) < 4.78 is 65.8. The molecular weight excluding hydrogens is 759 g/mol. The molecule has 0 aromatic rings. The number of rotatable bonds is 21. The third-order valence-corrected chi connectivity index (χ3v) is 12.8. The molecule has 3 aliphatic heterocycles. The van der Waals surface area contributed by atoms with Crippen molar-refractivity contribution in [3.05, 3.63) is 0 Å². The van der Waals surface area contributed by atoms with E-state index in [1.807, 2.05) is 20.8 Å². The van der Waals surface area contributed by atoms with Crippen LogP contribution in [0.2, 0.25) is 0 Å². The highest BCUT2D eigenvalue weighted by Crippen LogP contribution is 2.54. The molecule has 3 heterocycles. The second kappa shape index (κ2) is 22.4. The molecule has 0 spiro atoms. The van der Waals surface area contributed by atoms with Gasteiger partial charge < -0.3 is 78.0 Å². The van der Waals surface area contributed by atoms with Crippen molar-refractivity contribution < 1.29 is 82.5 Å². The second-order valence-electron chi connectivity index (χ2n) is 17.4. The Balaban J connectivity index is 1.60. The maximum Gasteiger partial charge on any atom is 0.333 e. The average molecular weight is 833 g/mol. The SMILES string of the molecule is CC1C(OC2C(C)C(OC3C(C)C(OCCCCCOP(=O)(O)C(C)(C)C)OC(CO)C3O)OC(CO)C2O)OC(COCCCCOC(C)(C)C)C(O)C1O. The van der Waals surface area contributed by atoms with Gasteiger partial charge in [0, 0.05) is 37.6 Å². The molecule has 0 radical (unpaired) electrons. The zero-order valence-electron chi connectivity index (χ0n) is 34.8. The van der Waals surface area contributed by atoms with Gasteiger partial charge in [0.1, 0.15) is 36.6 Å². The third-order valence-electron chi connectivity index (χ3n) is 10.6. The van der Waals surface area contributed by atoms with Gasteiger partial charge in [-0.2, -0.15) is 0 Å². The summed E-state index contributed by atoms with van der Waals surface area (Å²) in [5, 5.41) is 63.6. The van der Waals surface area contributed by atoms with Crippen LogP contribution in [0.15, 0.2) is 0 Å². The number of hydrogen-bond donors (Lipinski definition) is 7. The van der Waals surface area contributed by atoms with Crippen molar-refractivity contribution in [2.45, 2.75) is 179 Å². The molecule has 56 heavy (non-hydrogen) atoms. The largest absolute Gasteiger partial charge is 0.394 e. The van der Waals surface area contributed by atoms with Crippen LogP contribution in [0.25, 0.3) is 0 Å². The molecule has 18 heteroatoms. The van der Waals surface area contributed by atoms with Gasteiger partial charge in [0.15, 0.2) is 18.9 Å². The zero-order valence-corrected chi connectivity index (χ0v) is 35.7. The lowest BCUT2D eigenvalue weighted by molar-refractivity contribution is -0.364. The van der Waals surface area contributed by atoms with Gasteiger partial charge in [-0.3, -0.25) is 4.57 Å². The van der Waals surface area contributed by atoms with E-state index in [0.29, 0.717) is 32.5 Å². The topological polar surface area (TPSA) is 242 Å². The van der Waals surface area contributed by atoms with E-state index in [-0.39, 0.29) is 25.4 Å². The first-order chi connectivity index (χ1) is 26.1. The summed E-state index contributed by atoms with van der Waals surface area (Å²) >= 11 is 0. The number of unbranched alkanes of at least 4 members (excludes halogenated alkanes) is 3. The van der Waals surface area contributed by atoms with Crippen molar-refractivity contribution in [3.63, 3.8) is 0 Å². The van der Waals surface area contributed by atoms with Crippen LogP contribution >= 0.6 is 7.60 Å². The normalized spacial score (nSPS) is 38.4. The van der Waals surface area contributed by atoms with E-state index in [2.05, 4.69) is 0 Å². The first-order valence-electron chi connectivity index (χ1n) is 20.2. The summed E-state index contributed by atoms with van der Waals surface area (Å²) in [6.45, 7) is 16.3. The van der Waals surface area contributed by atoms with Crippen LogP contribution in [0.3, 0.4) is 0 Å². The molecule has 3 aliphatic rings. The summed E-state index contributed by atoms with van der Waals surface area (Å²) in [4.78, 5) is 10.1. The Labute approximate surface area is 332 Å². The van der Waals surface area contributed by atoms with E-state index >= 15 is 0 Å². The van der Waals surface area contributed by atoms with E-state index in [9.17, 15) is 40.1 Å². The maximum absolute atomic E-state index is 12.3. The Kier molecular flexibility index (Phi) is 20.0.